The van der Waals surface area contributed by atoms with Crippen molar-refractivity contribution in [3.05, 3.63) is 64.2 Å². The van der Waals surface area contributed by atoms with Gasteiger partial charge in [0.15, 0.2) is 0 Å². The minimum absolute atomic E-state index is 0.0104. The average molecular weight is 364 g/mol. The smallest absolute Gasteiger partial charge is 0.230 e. The van der Waals surface area contributed by atoms with Crippen LogP contribution in [0.5, 0.6) is 5.75 Å². The Labute approximate surface area is 152 Å². The Morgan fingerprint density at radius 1 is 1.21 bits per heavy atom. The van der Waals surface area contributed by atoms with Gasteiger partial charge in [-0.05, 0) is 37.1 Å². The van der Waals surface area contributed by atoms with Crippen LogP contribution in [0, 0.1) is 13.8 Å². The second kappa shape index (κ2) is 9.60. The lowest BCUT2D eigenvalue weighted by atomic mass is 10.1. The molecular weight excluding hydrogens is 342 g/mol. The fourth-order valence-corrected chi connectivity index (χ4v) is 3.38. The molecule has 0 spiro atoms. The van der Waals surface area contributed by atoms with E-state index in [1.54, 1.807) is 11.8 Å². The standard InChI is InChI=1S/C19H22ClNO2S/c1-14-7-8-18(15(2)11-14)23-10-9-21-19(22)13-24-12-16-5-3-4-6-17(16)20/h3-8,11H,9-10,12-13H2,1-2H3,(H,21,22). The van der Waals surface area contributed by atoms with Crippen LogP contribution in [-0.4, -0.2) is 24.8 Å². The molecule has 0 atom stereocenters. The summed E-state index contributed by atoms with van der Waals surface area (Å²) in [5.74, 6) is 2.01. The first-order chi connectivity index (χ1) is 11.6. The van der Waals surface area contributed by atoms with Gasteiger partial charge in [0.2, 0.25) is 5.91 Å². The molecule has 0 saturated carbocycles. The summed E-state index contributed by atoms with van der Waals surface area (Å²) in [6, 6.07) is 13.8. The van der Waals surface area contributed by atoms with Crippen molar-refractivity contribution >= 4 is 29.3 Å². The summed E-state index contributed by atoms with van der Waals surface area (Å²) in [4.78, 5) is 11.8. The Hall–Kier alpha value is -1.65. The van der Waals surface area contributed by atoms with Gasteiger partial charge in [-0.2, -0.15) is 0 Å². The molecule has 1 amide bonds. The quantitative estimate of drug-likeness (QED) is 0.707. The predicted octanol–water partition coefficient (Wildman–Crippen LogP) is 4.39. The molecule has 0 radical (unpaired) electrons. The van der Waals surface area contributed by atoms with Crippen molar-refractivity contribution in [3.63, 3.8) is 0 Å². The summed E-state index contributed by atoms with van der Waals surface area (Å²) in [5.41, 5.74) is 3.37. The van der Waals surface area contributed by atoms with Crippen molar-refractivity contribution in [2.45, 2.75) is 19.6 Å². The Morgan fingerprint density at radius 3 is 2.75 bits per heavy atom. The van der Waals surface area contributed by atoms with E-state index in [0.29, 0.717) is 18.9 Å². The van der Waals surface area contributed by atoms with Gasteiger partial charge < -0.3 is 10.1 Å². The maximum absolute atomic E-state index is 11.8. The number of hydrogen-bond acceptors (Lipinski definition) is 3. The van der Waals surface area contributed by atoms with E-state index >= 15 is 0 Å². The molecule has 2 aromatic carbocycles. The summed E-state index contributed by atoms with van der Waals surface area (Å²) in [7, 11) is 0. The van der Waals surface area contributed by atoms with Gasteiger partial charge in [-0.15, -0.1) is 11.8 Å². The molecule has 0 unspecified atom stereocenters. The third kappa shape index (κ3) is 6.10. The molecule has 2 aromatic rings. The summed E-state index contributed by atoms with van der Waals surface area (Å²) in [6.45, 7) is 5.03. The van der Waals surface area contributed by atoms with Crippen LogP contribution in [0.15, 0.2) is 42.5 Å². The number of thioether (sulfide) groups is 1. The first-order valence-electron chi connectivity index (χ1n) is 7.84. The number of nitrogens with one attached hydrogen (secondary N) is 1. The number of carbonyl (C=O) groups is 1. The second-order valence-electron chi connectivity index (χ2n) is 5.55. The van der Waals surface area contributed by atoms with E-state index in [4.69, 9.17) is 16.3 Å². The first kappa shape index (κ1) is 18.7. The van der Waals surface area contributed by atoms with Crippen molar-refractivity contribution in [2.75, 3.05) is 18.9 Å². The van der Waals surface area contributed by atoms with Crippen LogP contribution < -0.4 is 10.1 Å². The predicted molar refractivity (Wildman–Crippen MR) is 102 cm³/mol. The lowest BCUT2D eigenvalue weighted by Crippen LogP contribution is -2.29. The summed E-state index contributed by atoms with van der Waals surface area (Å²) >= 11 is 7.64. The molecule has 3 nitrogen and oxygen atoms in total. The number of benzene rings is 2. The largest absolute Gasteiger partial charge is 0.491 e. The molecule has 0 heterocycles. The molecule has 128 valence electrons. The maximum atomic E-state index is 11.8. The molecule has 2 rings (SSSR count). The Bertz CT molecular complexity index is 691. The highest BCUT2D eigenvalue weighted by molar-refractivity contribution is 7.99. The van der Waals surface area contributed by atoms with Crippen LogP contribution in [-0.2, 0) is 10.5 Å². The fraction of sp³-hybridized carbons (Fsp3) is 0.316. The van der Waals surface area contributed by atoms with E-state index in [1.165, 1.54) is 5.56 Å². The van der Waals surface area contributed by atoms with Crippen LogP contribution in [0.3, 0.4) is 0 Å². The van der Waals surface area contributed by atoms with Gasteiger partial charge in [0.05, 0.1) is 12.3 Å². The van der Waals surface area contributed by atoms with Gasteiger partial charge in [-0.25, -0.2) is 0 Å². The van der Waals surface area contributed by atoms with Gasteiger partial charge in [-0.3, -0.25) is 4.79 Å². The van der Waals surface area contributed by atoms with Crippen LogP contribution in [0.1, 0.15) is 16.7 Å². The van der Waals surface area contributed by atoms with Crippen molar-refractivity contribution in [1.82, 2.24) is 5.32 Å². The van der Waals surface area contributed by atoms with E-state index in [9.17, 15) is 4.79 Å². The molecule has 0 saturated heterocycles. The first-order valence-corrected chi connectivity index (χ1v) is 9.37. The fourth-order valence-electron chi connectivity index (χ4n) is 2.23. The topological polar surface area (TPSA) is 38.3 Å². The number of ether oxygens (including phenoxy) is 1. The number of halogens is 1. The van der Waals surface area contributed by atoms with E-state index in [-0.39, 0.29) is 5.91 Å². The van der Waals surface area contributed by atoms with Crippen LogP contribution in [0.2, 0.25) is 5.02 Å². The van der Waals surface area contributed by atoms with Gasteiger partial charge in [-0.1, -0.05) is 47.5 Å². The molecule has 5 heteroatoms. The molecule has 0 bridgehead atoms. The average Bonchev–Trinajstić information content (AvgIpc) is 2.55. The SMILES string of the molecule is Cc1ccc(OCCNC(=O)CSCc2ccccc2Cl)c(C)c1. The highest BCUT2D eigenvalue weighted by Crippen LogP contribution is 2.20. The molecule has 0 aliphatic heterocycles. The molecule has 1 N–H and O–H groups in total. The molecular formula is C19H22ClNO2S. The van der Waals surface area contributed by atoms with Crippen molar-refractivity contribution in [2.24, 2.45) is 0 Å². The van der Waals surface area contributed by atoms with Crippen LogP contribution in [0.25, 0.3) is 0 Å². The number of rotatable bonds is 8. The monoisotopic (exact) mass is 363 g/mol. The molecule has 0 fully saturated rings. The zero-order chi connectivity index (χ0) is 17.4. The van der Waals surface area contributed by atoms with Crippen molar-refractivity contribution < 1.29 is 9.53 Å². The number of carbonyl (C=O) groups excluding carboxylic acids is 1. The lowest BCUT2D eigenvalue weighted by molar-refractivity contribution is -0.118. The second-order valence-corrected chi connectivity index (χ2v) is 6.94. The number of hydrogen-bond donors (Lipinski definition) is 1. The summed E-state index contributed by atoms with van der Waals surface area (Å²) in [6.07, 6.45) is 0. The lowest BCUT2D eigenvalue weighted by Gasteiger charge is -2.10. The van der Waals surface area contributed by atoms with E-state index in [1.807, 2.05) is 43.3 Å². The maximum Gasteiger partial charge on any atom is 0.230 e. The zero-order valence-electron chi connectivity index (χ0n) is 14.0. The minimum atomic E-state index is 0.0104. The normalized spacial score (nSPS) is 10.5. The zero-order valence-corrected chi connectivity index (χ0v) is 15.5. The van der Waals surface area contributed by atoms with Gasteiger partial charge in [0, 0.05) is 10.8 Å². The van der Waals surface area contributed by atoms with E-state index in [0.717, 1.165) is 27.7 Å². The van der Waals surface area contributed by atoms with Crippen molar-refractivity contribution in [1.29, 1.82) is 0 Å². The summed E-state index contributed by atoms with van der Waals surface area (Å²) in [5, 5.41) is 3.61. The van der Waals surface area contributed by atoms with Gasteiger partial charge in [0.25, 0.3) is 0 Å². The molecule has 0 aliphatic rings. The van der Waals surface area contributed by atoms with Crippen LogP contribution in [0.4, 0.5) is 0 Å². The highest BCUT2D eigenvalue weighted by Gasteiger charge is 2.04. The Morgan fingerprint density at radius 2 is 2.00 bits per heavy atom. The Balaban J connectivity index is 1.62. The molecule has 24 heavy (non-hydrogen) atoms. The molecule has 0 aromatic heterocycles. The summed E-state index contributed by atoms with van der Waals surface area (Å²) < 4.78 is 5.69. The van der Waals surface area contributed by atoms with E-state index in [2.05, 4.69) is 18.3 Å². The van der Waals surface area contributed by atoms with Gasteiger partial charge >= 0.3 is 0 Å². The van der Waals surface area contributed by atoms with Crippen LogP contribution >= 0.6 is 23.4 Å². The highest BCUT2D eigenvalue weighted by atomic mass is 35.5. The van der Waals surface area contributed by atoms with E-state index < -0.39 is 0 Å². The minimum Gasteiger partial charge on any atom is -0.491 e. The number of aryl methyl sites for hydroxylation is 2. The van der Waals surface area contributed by atoms with Crippen molar-refractivity contribution in [3.8, 4) is 5.75 Å². The van der Waals surface area contributed by atoms with Gasteiger partial charge in [0.1, 0.15) is 12.4 Å². The Kier molecular flexibility index (Phi) is 7.47. The third-order valence-electron chi connectivity index (χ3n) is 3.46. The molecule has 0 aliphatic carbocycles. The number of amides is 1. The third-order valence-corrected chi connectivity index (χ3v) is 4.81.